The van der Waals surface area contributed by atoms with Crippen molar-refractivity contribution in [1.82, 2.24) is 5.32 Å². The largest absolute Gasteiger partial charge is 0.394 e. The van der Waals surface area contributed by atoms with E-state index in [0.29, 0.717) is 12.8 Å². The van der Waals surface area contributed by atoms with Crippen molar-refractivity contribution in [1.29, 1.82) is 0 Å². The topological polar surface area (TPSA) is 69.6 Å². The molecule has 0 aliphatic rings. The third-order valence-corrected chi connectivity index (χ3v) is 13.5. The van der Waals surface area contributed by atoms with Gasteiger partial charge >= 0.3 is 0 Å². The van der Waals surface area contributed by atoms with Gasteiger partial charge in [0.05, 0.1) is 18.8 Å². The Morgan fingerprint density at radius 2 is 0.623 bits per heavy atom. The minimum absolute atomic E-state index is 0.0246. The maximum Gasteiger partial charge on any atom is 0.220 e. The van der Waals surface area contributed by atoms with E-state index in [2.05, 4.69) is 31.3 Å². The summed E-state index contributed by atoms with van der Waals surface area (Å²) in [5.41, 5.74) is 0. The number of nitrogens with one attached hydrogen (secondary N) is 1. The Hall–Kier alpha value is -0.870. The number of unbranched alkanes of at least 4 members (excludes halogenated alkanes) is 44. The molecule has 1 amide bonds. The molecule has 364 valence electrons. The summed E-state index contributed by atoms with van der Waals surface area (Å²) in [4.78, 5) is 12.5. The standard InChI is InChI=1S/C57H113NO3/c1-3-5-7-9-11-13-15-17-19-21-22-23-24-25-26-27-28-29-30-31-32-33-34-35-36-37-39-41-43-45-47-49-51-53-57(61)58-55(54-59)56(60)52-50-48-46-44-42-40-38-20-18-16-14-12-10-8-6-4-2/h25-26,55-56,59-60H,3-24,27-54H2,1-2H3,(H,58,61)/b26-25-. The first-order valence-corrected chi connectivity index (χ1v) is 28.4. The minimum atomic E-state index is -0.656. The number of hydrogen-bond acceptors (Lipinski definition) is 3. The molecule has 0 spiro atoms. The third-order valence-electron chi connectivity index (χ3n) is 13.5. The van der Waals surface area contributed by atoms with Crippen molar-refractivity contribution in [3.8, 4) is 0 Å². The zero-order valence-electron chi connectivity index (χ0n) is 42.0. The van der Waals surface area contributed by atoms with Gasteiger partial charge in [-0.2, -0.15) is 0 Å². The highest BCUT2D eigenvalue weighted by Crippen LogP contribution is 2.18. The van der Waals surface area contributed by atoms with Gasteiger partial charge in [-0.05, 0) is 38.5 Å². The molecule has 0 saturated heterocycles. The lowest BCUT2D eigenvalue weighted by Crippen LogP contribution is -2.45. The van der Waals surface area contributed by atoms with Gasteiger partial charge in [-0.3, -0.25) is 4.79 Å². The fraction of sp³-hybridized carbons (Fsp3) is 0.947. The van der Waals surface area contributed by atoms with Crippen molar-refractivity contribution in [2.45, 2.75) is 341 Å². The van der Waals surface area contributed by atoms with Crippen LogP contribution < -0.4 is 5.32 Å². The van der Waals surface area contributed by atoms with Crippen LogP contribution in [0.15, 0.2) is 12.2 Å². The maximum atomic E-state index is 12.5. The van der Waals surface area contributed by atoms with Crippen LogP contribution in [0.1, 0.15) is 328 Å². The molecule has 2 unspecified atom stereocenters. The SMILES string of the molecule is CCCCCCCCCCCCCC/C=C\CCCCCCCCCCCCCCCCCCCC(=O)NC(CO)C(O)CCCCCCCCCCCCCCCCCC. The van der Waals surface area contributed by atoms with Gasteiger partial charge in [-0.1, -0.05) is 296 Å². The summed E-state index contributed by atoms with van der Waals surface area (Å²) in [6.07, 6.45) is 69.2. The van der Waals surface area contributed by atoms with Crippen LogP contribution in [0.25, 0.3) is 0 Å². The number of amides is 1. The Morgan fingerprint density at radius 3 is 0.902 bits per heavy atom. The van der Waals surface area contributed by atoms with Crippen molar-refractivity contribution in [3.63, 3.8) is 0 Å². The molecule has 4 heteroatoms. The quantitative estimate of drug-likeness (QED) is 0.0421. The Balaban J connectivity index is 3.38. The maximum absolute atomic E-state index is 12.5. The van der Waals surface area contributed by atoms with Crippen LogP contribution in [-0.2, 0) is 4.79 Å². The third kappa shape index (κ3) is 50.0. The molecule has 0 fully saturated rings. The summed E-state index contributed by atoms with van der Waals surface area (Å²) in [5, 5.41) is 23.3. The lowest BCUT2D eigenvalue weighted by Gasteiger charge is -2.22. The molecular weight excluding hydrogens is 747 g/mol. The Bertz CT molecular complexity index is 844. The van der Waals surface area contributed by atoms with Crippen LogP contribution in [0.4, 0.5) is 0 Å². The van der Waals surface area contributed by atoms with E-state index in [1.54, 1.807) is 0 Å². The molecule has 0 aromatic heterocycles. The first-order chi connectivity index (χ1) is 30.2. The summed E-state index contributed by atoms with van der Waals surface area (Å²) in [6.45, 7) is 4.39. The zero-order chi connectivity index (χ0) is 44.2. The minimum Gasteiger partial charge on any atom is -0.394 e. The van der Waals surface area contributed by atoms with Crippen LogP contribution in [0.2, 0.25) is 0 Å². The highest BCUT2D eigenvalue weighted by molar-refractivity contribution is 5.76. The zero-order valence-corrected chi connectivity index (χ0v) is 42.0. The van der Waals surface area contributed by atoms with Gasteiger partial charge in [-0.15, -0.1) is 0 Å². The smallest absolute Gasteiger partial charge is 0.220 e. The average molecular weight is 861 g/mol. The van der Waals surface area contributed by atoms with Gasteiger partial charge in [0.1, 0.15) is 0 Å². The van der Waals surface area contributed by atoms with Crippen LogP contribution in [0, 0.1) is 0 Å². The van der Waals surface area contributed by atoms with E-state index in [1.165, 1.54) is 276 Å². The summed E-state index contributed by atoms with van der Waals surface area (Å²) in [7, 11) is 0. The fourth-order valence-corrected chi connectivity index (χ4v) is 9.18. The molecule has 0 aromatic carbocycles. The van der Waals surface area contributed by atoms with Gasteiger partial charge in [-0.25, -0.2) is 0 Å². The van der Waals surface area contributed by atoms with Gasteiger partial charge in [0.2, 0.25) is 5.91 Å². The molecule has 0 saturated carbocycles. The van der Waals surface area contributed by atoms with E-state index in [0.717, 1.165) is 25.7 Å². The van der Waals surface area contributed by atoms with Crippen LogP contribution in [0.3, 0.4) is 0 Å². The lowest BCUT2D eigenvalue weighted by molar-refractivity contribution is -0.123. The molecule has 61 heavy (non-hydrogen) atoms. The van der Waals surface area contributed by atoms with Crippen LogP contribution in [0.5, 0.6) is 0 Å². The van der Waals surface area contributed by atoms with Gasteiger partial charge in [0, 0.05) is 6.42 Å². The molecule has 0 aliphatic carbocycles. The summed E-state index contributed by atoms with van der Waals surface area (Å²) in [6, 6.07) is -0.532. The molecule has 0 rings (SSSR count). The number of aliphatic hydroxyl groups is 2. The molecule has 2 atom stereocenters. The van der Waals surface area contributed by atoms with Crippen molar-refractivity contribution in [2.24, 2.45) is 0 Å². The monoisotopic (exact) mass is 860 g/mol. The summed E-state index contributed by atoms with van der Waals surface area (Å²) < 4.78 is 0. The Labute approximate surface area is 384 Å². The highest BCUT2D eigenvalue weighted by atomic mass is 16.3. The number of allylic oxidation sites excluding steroid dienone is 2. The number of aliphatic hydroxyl groups excluding tert-OH is 2. The normalized spacial score (nSPS) is 12.8. The van der Waals surface area contributed by atoms with Crippen molar-refractivity contribution in [2.75, 3.05) is 6.61 Å². The number of carbonyl (C=O) groups is 1. The molecule has 0 aliphatic heterocycles. The van der Waals surface area contributed by atoms with E-state index in [9.17, 15) is 15.0 Å². The van der Waals surface area contributed by atoms with E-state index < -0.39 is 12.1 Å². The molecule has 0 aromatic rings. The number of rotatable bonds is 53. The van der Waals surface area contributed by atoms with E-state index in [-0.39, 0.29) is 12.5 Å². The van der Waals surface area contributed by atoms with Crippen molar-refractivity contribution >= 4 is 5.91 Å². The first-order valence-electron chi connectivity index (χ1n) is 28.4. The summed E-state index contributed by atoms with van der Waals surface area (Å²) >= 11 is 0. The summed E-state index contributed by atoms with van der Waals surface area (Å²) in [5.74, 6) is -0.0246. The Kier molecular flexibility index (Phi) is 52.7. The molecule has 4 nitrogen and oxygen atoms in total. The predicted octanol–water partition coefficient (Wildman–Crippen LogP) is 18.5. The second kappa shape index (κ2) is 53.5. The van der Waals surface area contributed by atoms with Crippen molar-refractivity contribution < 1.29 is 15.0 Å². The van der Waals surface area contributed by atoms with E-state index >= 15 is 0 Å². The van der Waals surface area contributed by atoms with E-state index in [4.69, 9.17) is 0 Å². The highest BCUT2D eigenvalue weighted by Gasteiger charge is 2.20. The second-order valence-corrected chi connectivity index (χ2v) is 19.7. The molecule has 3 N–H and O–H groups in total. The fourth-order valence-electron chi connectivity index (χ4n) is 9.18. The average Bonchev–Trinajstić information content (AvgIpc) is 3.26. The first kappa shape index (κ1) is 60.1. The van der Waals surface area contributed by atoms with Crippen LogP contribution in [-0.4, -0.2) is 34.9 Å². The van der Waals surface area contributed by atoms with Crippen molar-refractivity contribution in [3.05, 3.63) is 12.2 Å². The molecule has 0 bridgehead atoms. The lowest BCUT2D eigenvalue weighted by atomic mass is 10.0. The van der Waals surface area contributed by atoms with Gasteiger partial charge in [0.15, 0.2) is 0 Å². The van der Waals surface area contributed by atoms with Gasteiger partial charge in [0.25, 0.3) is 0 Å². The molecule has 0 heterocycles. The van der Waals surface area contributed by atoms with Gasteiger partial charge < -0.3 is 15.5 Å². The molecule has 0 radical (unpaired) electrons. The number of carbonyl (C=O) groups excluding carboxylic acids is 1. The van der Waals surface area contributed by atoms with Crippen LogP contribution >= 0.6 is 0 Å². The molecular formula is C57H113NO3. The second-order valence-electron chi connectivity index (χ2n) is 19.7. The Morgan fingerprint density at radius 1 is 0.377 bits per heavy atom. The van der Waals surface area contributed by atoms with E-state index in [1.807, 2.05) is 0 Å². The predicted molar refractivity (Wildman–Crippen MR) is 272 cm³/mol. The number of hydrogen-bond donors (Lipinski definition) is 3.